The number of aromatic hydroxyl groups is 2. The number of para-hydroxylation sites is 1. The standard InChI is InChI=1S/C24H23NO7/c1-29-19-12-15(13-20(30-2)22(19)31-3)25-21(14-9-10-17(26)18(27)11-14)23(24(25)28)32-16-7-5-4-6-8-16/h4-13,21,23,26-27H,1-3H3/t21-,23+/m1/s1. The number of nitrogens with zero attached hydrogens (tertiary/aromatic N) is 1. The van der Waals surface area contributed by atoms with Gasteiger partial charge in [0.25, 0.3) is 5.91 Å². The second-order valence-electron chi connectivity index (χ2n) is 7.14. The average molecular weight is 437 g/mol. The molecule has 3 aromatic rings. The number of β-lactam (4-membered cyclic amide) rings is 1. The molecule has 166 valence electrons. The smallest absolute Gasteiger partial charge is 0.271 e. The first-order valence-corrected chi connectivity index (χ1v) is 9.85. The SMILES string of the molecule is COc1cc(N2C(=O)[C@@H](Oc3ccccc3)[C@H]2c2ccc(O)c(O)c2)cc(OC)c1OC. The van der Waals surface area contributed by atoms with Crippen LogP contribution in [-0.4, -0.2) is 43.6 Å². The first kappa shape index (κ1) is 21.2. The Morgan fingerprint density at radius 1 is 0.812 bits per heavy atom. The Kier molecular flexibility index (Phi) is 5.68. The van der Waals surface area contributed by atoms with E-state index in [1.165, 1.54) is 38.4 Å². The highest BCUT2D eigenvalue weighted by Gasteiger charge is 2.51. The highest BCUT2D eigenvalue weighted by molar-refractivity contribution is 6.05. The molecular weight excluding hydrogens is 414 g/mol. The van der Waals surface area contributed by atoms with Crippen LogP contribution in [0, 0.1) is 0 Å². The molecule has 4 rings (SSSR count). The maximum Gasteiger partial charge on any atom is 0.271 e. The predicted octanol–water partition coefficient (Wildman–Crippen LogP) is 3.66. The van der Waals surface area contributed by atoms with Crippen LogP contribution in [0.25, 0.3) is 0 Å². The van der Waals surface area contributed by atoms with Crippen molar-refractivity contribution in [3.8, 4) is 34.5 Å². The lowest BCUT2D eigenvalue weighted by molar-refractivity contribution is -0.135. The van der Waals surface area contributed by atoms with Crippen molar-refractivity contribution in [2.45, 2.75) is 12.1 Å². The molecule has 0 aromatic heterocycles. The van der Waals surface area contributed by atoms with Crippen molar-refractivity contribution >= 4 is 11.6 Å². The Balaban J connectivity index is 1.78. The number of hydrogen-bond donors (Lipinski definition) is 2. The molecule has 1 aliphatic rings. The third-order valence-corrected chi connectivity index (χ3v) is 5.32. The number of hydrogen-bond acceptors (Lipinski definition) is 7. The van der Waals surface area contributed by atoms with Gasteiger partial charge in [-0.15, -0.1) is 0 Å². The number of carbonyl (C=O) groups excluding carboxylic acids is 1. The minimum atomic E-state index is -0.833. The maximum absolute atomic E-state index is 13.2. The normalized spacial score (nSPS) is 17.5. The van der Waals surface area contributed by atoms with Crippen LogP contribution in [0.15, 0.2) is 60.7 Å². The Labute approximate surface area is 185 Å². The van der Waals surface area contributed by atoms with Crippen LogP contribution in [0.4, 0.5) is 5.69 Å². The zero-order chi connectivity index (χ0) is 22.8. The van der Waals surface area contributed by atoms with Gasteiger partial charge in [0.2, 0.25) is 11.9 Å². The molecule has 8 nitrogen and oxygen atoms in total. The minimum Gasteiger partial charge on any atom is -0.504 e. The highest BCUT2D eigenvalue weighted by atomic mass is 16.5. The van der Waals surface area contributed by atoms with E-state index in [0.29, 0.717) is 34.2 Å². The topological polar surface area (TPSA) is 97.7 Å². The molecule has 2 N–H and O–H groups in total. The van der Waals surface area contributed by atoms with E-state index in [1.54, 1.807) is 30.3 Å². The third-order valence-electron chi connectivity index (χ3n) is 5.32. The Morgan fingerprint density at radius 3 is 2.03 bits per heavy atom. The van der Waals surface area contributed by atoms with Crippen molar-refractivity contribution in [3.05, 3.63) is 66.2 Å². The molecule has 1 heterocycles. The predicted molar refractivity (Wildman–Crippen MR) is 117 cm³/mol. The van der Waals surface area contributed by atoms with Gasteiger partial charge in [-0.1, -0.05) is 24.3 Å². The van der Waals surface area contributed by atoms with Gasteiger partial charge < -0.3 is 29.2 Å². The van der Waals surface area contributed by atoms with Crippen molar-refractivity contribution in [2.24, 2.45) is 0 Å². The van der Waals surface area contributed by atoms with Crippen LogP contribution in [0.5, 0.6) is 34.5 Å². The molecule has 8 heteroatoms. The maximum atomic E-state index is 13.2. The molecule has 0 unspecified atom stereocenters. The molecular formula is C24H23NO7. The number of methoxy groups -OCH3 is 3. The molecule has 1 fully saturated rings. The number of amides is 1. The minimum absolute atomic E-state index is 0.251. The van der Waals surface area contributed by atoms with E-state index in [1.807, 2.05) is 18.2 Å². The van der Waals surface area contributed by atoms with Crippen LogP contribution in [0.2, 0.25) is 0 Å². The summed E-state index contributed by atoms with van der Waals surface area (Å²) in [7, 11) is 4.49. The zero-order valence-electron chi connectivity index (χ0n) is 17.8. The molecule has 1 amide bonds. The van der Waals surface area contributed by atoms with E-state index in [-0.39, 0.29) is 17.4 Å². The van der Waals surface area contributed by atoms with E-state index in [0.717, 1.165) is 0 Å². The van der Waals surface area contributed by atoms with Crippen molar-refractivity contribution in [2.75, 3.05) is 26.2 Å². The van der Waals surface area contributed by atoms with E-state index >= 15 is 0 Å². The fourth-order valence-electron chi connectivity index (χ4n) is 3.77. The number of ether oxygens (including phenoxy) is 4. The summed E-state index contributed by atoms with van der Waals surface area (Å²) in [4.78, 5) is 14.8. The van der Waals surface area contributed by atoms with Crippen LogP contribution < -0.4 is 23.8 Å². The van der Waals surface area contributed by atoms with Gasteiger partial charge in [-0.3, -0.25) is 9.69 Å². The summed E-state index contributed by atoms with van der Waals surface area (Å²) in [6.07, 6.45) is -0.833. The van der Waals surface area contributed by atoms with Crippen molar-refractivity contribution in [1.29, 1.82) is 0 Å². The summed E-state index contributed by atoms with van der Waals surface area (Å²) in [5.74, 6) is 0.930. The van der Waals surface area contributed by atoms with E-state index < -0.39 is 12.1 Å². The second kappa shape index (κ2) is 8.58. The molecule has 1 saturated heterocycles. The number of rotatable bonds is 7. The van der Waals surface area contributed by atoms with Crippen LogP contribution in [0.3, 0.4) is 0 Å². The van der Waals surface area contributed by atoms with Crippen molar-refractivity contribution in [1.82, 2.24) is 0 Å². The van der Waals surface area contributed by atoms with Gasteiger partial charge >= 0.3 is 0 Å². The summed E-state index contributed by atoms with van der Waals surface area (Å²) in [5, 5.41) is 19.8. The molecule has 0 radical (unpaired) electrons. The summed E-state index contributed by atoms with van der Waals surface area (Å²) >= 11 is 0. The fourth-order valence-corrected chi connectivity index (χ4v) is 3.77. The monoisotopic (exact) mass is 437 g/mol. The largest absolute Gasteiger partial charge is 0.504 e. The number of benzene rings is 3. The average Bonchev–Trinajstić information content (AvgIpc) is 2.82. The zero-order valence-corrected chi connectivity index (χ0v) is 17.8. The highest BCUT2D eigenvalue weighted by Crippen LogP contribution is 2.48. The van der Waals surface area contributed by atoms with Gasteiger partial charge in [0.1, 0.15) is 11.8 Å². The Bertz CT molecular complexity index is 1110. The van der Waals surface area contributed by atoms with Crippen LogP contribution in [-0.2, 0) is 4.79 Å². The molecule has 32 heavy (non-hydrogen) atoms. The fraction of sp³-hybridized carbons (Fsp3) is 0.208. The summed E-state index contributed by atoms with van der Waals surface area (Å²) in [6, 6.07) is 16.2. The van der Waals surface area contributed by atoms with Crippen molar-refractivity contribution in [3.63, 3.8) is 0 Å². The molecule has 0 spiro atoms. The van der Waals surface area contributed by atoms with Gasteiger partial charge in [0, 0.05) is 12.1 Å². The molecule has 0 aliphatic carbocycles. The lowest BCUT2D eigenvalue weighted by Gasteiger charge is -2.46. The molecule has 0 saturated carbocycles. The van der Waals surface area contributed by atoms with Gasteiger partial charge in [0.15, 0.2) is 23.0 Å². The third kappa shape index (κ3) is 3.60. The van der Waals surface area contributed by atoms with E-state index in [2.05, 4.69) is 0 Å². The van der Waals surface area contributed by atoms with Gasteiger partial charge in [-0.2, -0.15) is 0 Å². The summed E-state index contributed by atoms with van der Waals surface area (Å²) < 4.78 is 22.2. The Morgan fingerprint density at radius 2 is 1.47 bits per heavy atom. The summed E-state index contributed by atoms with van der Waals surface area (Å²) in [5.41, 5.74) is 1.10. The van der Waals surface area contributed by atoms with Gasteiger partial charge in [-0.25, -0.2) is 0 Å². The molecule has 1 aliphatic heterocycles. The Hall–Kier alpha value is -4.07. The van der Waals surface area contributed by atoms with Crippen LogP contribution >= 0.6 is 0 Å². The number of phenols is 2. The number of carbonyl (C=O) groups is 1. The van der Waals surface area contributed by atoms with Crippen LogP contribution in [0.1, 0.15) is 11.6 Å². The molecule has 3 aromatic carbocycles. The van der Waals surface area contributed by atoms with E-state index in [4.69, 9.17) is 18.9 Å². The number of phenolic OH excluding ortho intramolecular Hbond substituents is 2. The lowest BCUT2D eigenvalue weighted by atomic mass is 9.89. The second-order valence-corrected chi connectivity index (χ2v) is 7.14. The summed E-state index contributed by atoms with van der Waals surface area (Å²) in [6.45, 7) is 0. The van der Waals surface area contributed by atoms with Gasteiger partial charge in [-0.05, 0) is 29.8 Å². The quantitative estimate of drug-likeness (QED) is 0.430. The first-order valence-electron chi connectivity index (χ1n) is 9.85. The van der Waals surface area contributed by atoms with E-state index in [9.17, 15) is 15.0 Å². The molecule has 0 bridgehead atoms. The lowest BCUT2D eigenvalue weighted by Crippen LogP contribution is -2.61. The first-order chi connectivity index (χ1) is 15.5. The van der Waals surface area contributed by atoms with Crippen molar-refractivity contribution < 1.29 is 34.0 Å². The van der Waals surface area contributed by atoms with Gasteiger partial charge in [0.05, 0.1) is 27.0 Å². The number of anilines is 1. The molecule has 2 atom stereocenters.